The van der Waals surface area contributed by atoms with Gasteiger partial charge in [0.25, 0.3) is 0 Å². The SMILES string of the molecule is CCCc1n[nH]c(=S)n1CC(=O)Nc1nc2c(s1)CCC2. The third kappa shape index (κ3) is 3.06. The molecule has 2 aromatic rings. The summed E-state index contributed by atoms with van der Waals surface area (Å²) < 4.78 is 2.23. The van der Waals surface area contributed by atoms with Gasteiger partial charge in [-0.05, 0) is 37.9 Å². The van der Waals surface area contributed by atoms with Gasteiger partial charge in [0.05, 0.1) is 5.69 Å². The molecular formula is C13H17N5OS2. The molecule has 0 saturated carbocycles. The second kappa shape index (κ2) is 6.07. The van der Waals surface area contributed by atoms with Gasteiger partial charge in [0.1, 0.15) is 12.4 Å². The van der Waals surface area contributed by atoms with Crippen molar-refractivity contribution >= 4 is 34.6 Å². The van der Waals surface area contributed by atoms with Crippen molar-refractivity contribution < 1.29 is 4.79 Å². The van der Waals surface area contributed by atoms with E-state index in [4.69, 9.17) is 12.2 Å². The fraction of sp³-hybridized carbons (Fsp3) is 0.538. The Morgan fingerprint density at radius 2 is 2.38 bits per heavy atom. The maximum Gasteiger partial charge on any atom is 0.246 e. The van der Waals surface area contributed by atoms with E-state index >= 15 is 0 Å². The van der Waals surface area contributed by atoms with Crippen LogP contribution in [0, 0.1) is 4.77 Å². The highest BCUT2D eigenvalue weighted by atomic mass is 32.1. The lowest BCUT2D eigenvalue weighted by Gasteiger charge is -2.05. The maximum absolute atomic E-state index is 12.2. The van der Waals surface area contributed by atoms with E-state index in [0.717, 1.165) is 37.2 Å². The molecule has 0 radical (unpaired) electrons. The number of hydrogen-bond donors (Lipinski definition) is 2. The van der Waals surface area contributed by atoms with E-state index in [1.807, 2.05) is 0 Å². The molecular weight excluding hydrogens is 306 g/mol. The van der Waals surface area contributed by atoms with Gasteiger partial charge in [0, 0.05) is 11.3 Å². The number of carbonyl (C=O) groups is 1. The summed E-state index contributed by atoms with van der Waals surface area (Å²) in [6.07, 6.45) is 5.03. The van der Waals surface area contributed by atoms with E-state index in [2.05, 4.69) is 27.4 Å². The molecule has 6 nitrogen and oxygen atoms in total. The number of aromatic amines is 1. The number of thiazole rings is 1. The van der Waals surface area contributed by atoms with Gasteiger partial charge in [-0.2, -0.15) is 5.10 Å². The molecule has 8 heteroatoms. The summed E-state index contributed by atoms with van der Waals surface area (Å²) in [4.78, 5) is 17.9. The zero-order chi connectivity index (χ0) is 14.8. The first kappa shape index (κ1) is 14.4. The Kier molecular flexibility index (Phi) is 4.16. The van der Waals surface area contributed by atoms with E-state index in [0.29, 0.717) is 9.90 Å². The van der Waals surface area contributed by atoms with Gasteiger partial charge >= 0.3 is 0 Å². The number of amides is 1. The number of fused-ring (bicyclic) bond motifs is 1. The van der Waals surface area contributed by atoms with Gasteiger partial charge in [-0.25, -0.2) is 4.98 Å². The number of anilines is 1. The van der Waals surface area contributed by atoms with Crippen LogP contribution in [-0.2, 0) is 30.6 Å². The molecule has 0 atom stereocenters. The van der Waals surface area contributed by atoms with E-state index in [1.165, 1.54) is 11.3 Å². The molecule has 0 spiro atoms. The van der Waals surface area contributed by atoms with Crippen LogP contribution in [0.2, 0.25) is 0 Å². The molecule has 0 unspecified atom stereocenters. The van der Waals surface area contributed by atoms with Gasteiger partial charge in [-0.3, -0.25) is 14.5 Å². The Morgan fingerprint density at radius 3 is 3.14 bits per heavy atom. The second-order valence-corrected chi connectivity index (χ2v) is 6.54. The maximum atomic E-state index is 12.2. The summed E-state index contributed by atoms with van der Waals surface area (Å²) in [5.41, 5.74) is 1.14. The van der Waals surface area contributed by atoms with Crippen molar-refractivity contribution in [3.05, 3.63) is 21.2 Å². The fourth-order valence-corrected chi connectivity index (χ4v) is 3.76. The Hall–Kier alpha value is -1.54. The van der Waals surface area contributed by atoms with Crippen LogP contribution in [0.3, 0.4) is 0 Å². The Balaban J connectivity index is 1.68. The average molecular weight is 323 g/mol. The molecule has 2 aromatic heterocycles. The summed E-state index contributed by atoms with van der Waals surface area (Å²) in [6.45, 7) is 2.24. The minimum absolute atomic E-state index is 0.114. The molecule has 112 valence electrons. The Morgan fingerprint density at radius 1 is 1.52 bits per heavy atom. The number of hydrogen-bond acceptors (Lipinski definition) is 5. The largest absolute Gasteiger partial charge is 0.300 e. The van der Waals surface area contributed by atoms with Gasteiger partial charge in [0.15, 0.2) is 9.90 Å². The number of H-pyrrole nitrogens is 1. The molecule has 2 heterocycles. The van der Waals surface area contributed by atoms with Gasteiger partial charge in [-0.1, -0.05) is 6.92 Å². The highest BCUT2D eigenvalue weighted by molar-refractivity contribution is 7.71. The van der Waals surface area contributed by atoms with Crippen molar-refractivity contribution in [2.45, 2.75) is 45.6 Å². The normalized spacial score (nSPS) is 13.4. The molecule has 3 rings (SSSR count). The summed E-state index contributed by atoms with van der Waals surface area (Å²) in [5.74, 6) is 0.705. The van der Waals surface area contributed by atoms with E-state index < -0.39 is 0 Å². The van der Waals surface area contributed by atoms with Crippen LogP contribution < -0.4 is 5.32 Å². The number of rotatable bonds is 5. The van der Waals surface area contributed by atoms with Crippen molar-refractivity contribution in [1.29, 1.82) is 0 Å². The highest BCUT2D eigenvalue weighted by Crippen LogP contribution is 2.30. The number of nitrogens with zero attached hydrogens (tertiary/aromatic N) is 3. The van der Waals surface area contributed by atoms with Gasteiger partial charge in [-0.15, -0.1) is 11.3 Å². The standard InChI is InChI=1S/C13H17N5OS2/c1-2-4-10-16-17-13(20)18(10)7-11(19)15-12-14-8-5-3-6-9(8)21-12/h2-7H2,1H3,(H,17,20)(H,14,15,19). The zero-order valence-electron chi connectivity index (χ0n) is 11.8. The second-order valence-electron chi connectivity index (χ2n) is 5.07. The average Bonchev–Trinajstić information content (AvgIpc) is 3.09. The molecule has 2 N–H and O–H groups in total. The van der Waals surface area contributed by atoms with Gasteiger partial charge < -0.3 is 5.32 Å². The van der Waals surface area contributed by atoms with Crippen molar-refractivity contribution in [2.24, 2.45) is 0 Å². The summed E-state index contributed by atoms with van der Waals surface area (Å²) >= 11 is 6.75. The van der Waals surface area contributed by atoms with Crippen molar-refractivity contribution in [3.8, 4) is 0 Å². The van der Waals surface area contributed by atoms with Crippen LogP contribution in [0.4, 0.5) is 5.13 Å². The van der Waals surface area contributed by atoms with E-state index in [1.54, 1.807) is 15.9 Å². The lowest BCUT2D eigenvalue weighted by molar-refractivity contribution is -0.116. The first-order valence-corrected chi connectivity index (χ1v) is 8.32. The molecule has 0 aromatic carbocycles. The predicted molar refractivity (Wildman–Crippen MR) is 84.2 cm³/mol. The fourth-order valence-electron chi connectivity index (χ4n) is 2.47. The van der Waals surface area contributed by atoms with Crippen LogP contribution in [0.15, 0.2) is 0 Å². The molecule has 1 aliphatic carbocycles. The summed E-state index contributed by atoms with van der Waals surface area (Å²) in [6, 6.07) is 0. The van der Waals surface area contributed by atoms with Gasteiger partial charge in [0.2, 0.25) is 5.91 Å². The van der Waals surface area contributed by atoms with E-state index in [9.17, 15) is 4.79 Å². The number of aromatic nitrogens is 4. The van der Waals surface area contributed by atoms with Crippen LogP contribution >= 0.6 is 23.6 Å². The first-order valence-electron chi connectivity index (χ1n) is 7.10. The molecule has 0 fully saturated rings. The van der Waals surface area contributed by atoms with Crippen molar-refractivity contribution in [3.63, 3.8) is 0 Å². The van der Waals surface area contributed by atoms with Crippen molar-refractivity contribution in [1.82, 2.24) is 19.7 Å². The number of carbonyl (C=O) groups excluding carboxylic acids is 1. The Bertz CT molecular complexity index is 693. The molecule has 21 heavy (non-hydrogen) atoms. The van der Waals surface area contributed by atoms with Crippen molar-refractivity contribution in [2.75, 3.05) is 5.32 Å². The molecule has 0 bridgehead atoms. The van der Waals surface area contributed by atoms with Crippen LogP contribution in [-0.4, -0.2) is 25.7 Å². The molecule has 1 aliphatic rings. The predicted octanol–water partition coefficient (Wildman–Crippen LogP) is 2.48. The zero-order valence-corrected chi connectivity index (χ0v) is 13.4. The molecule has 0 saturated heterocycles. The monoisotopic (exact) mass is 323 g/mol. The topological polar surface area (TPSA) is 75.6 Å². The minimum Gasteiger partial charge on any atom is -0.300 e. The minimum atomic E-state index is -0.114. The Labute approximate surface area is 131 Å². The third-order valence-corrected chi connectivity index (χ3v) is 4.84. The lowest BCUT2D eigenvalue weighted by atomic mass is 10.3. The lowest BCUT2D eigenvalue weighted by Crippen LogP contribution is -2.20. The summed E-state index contributed by atoms with van der Waals surface area (Å²) in [7, 11) is 0. The number of nitrogens with one attached hydrogen (secondary N) is 2. The van der Waals surface area contributed by atoms with Crippen LogP contribution in [0.1, 0.15) is 36.2 Å². The first-order chi connectivity index (χ1) is 10.2. The molecule has 1 amide bonds. The highest BCUT2D eigenvalue weighted by Gasteiger charge is 2.18. The summed E-state index contributed by atoms with van der Waals surface area (Å²) in [5, 5.41) is 10.5. The molecule has 0 aliphatic heterocycles. The van der Waals surface area contributed by atoms with Crippen LogP contribution in [0.5, 0.6) is 0 Å². The quantitative estimate of drug-likeness (QED) is 0.829. The van der Waals surface area contributed by atoms with E-state index in [-0.39, 0.29) is 12.5 Å². The van der Waals surface area contributed by atoms with Crippen LogP contribution in [0.25, 0.3) is 0 Å². The smallest absolute Gasteiger partial charge is 0.246 e. The third-order valence-electron chi connectivity index (χ3n) is 3.45. The number of aryl methyl sites for hydroxylation is 3.